The van der Waals surface area contributed by atoms with Crippen LogP contribution in [0, 0.1) is 0 Å². The van der Waals surface area contributed by atoms with Gasteiger partial charge in [-0.15, -0.1) is 0 Å². The van der Waals surface area contributed by atoms with Gasteiger partial charge in [-0.05, 0) is 0 Å². The molecule has 0 spiro atoms. The van der Waals surface area contributed by atoms with Crippen molar-refractivity contribution in [1.29, 1.82) is 0 Å². The molecular weight excluding hydrogens is 639 g/mol. The fraction of sp³-hybridized carbons (Fsp3) is 0. The van der Waals surface area contributed by atoms with Crippen LogP contribution in [0.4, 0.5) is 0 Å². The Kier molecular flexibility index (Phi) is 231. The van der Waals surface area contributed by atoms with Crippen LogP contribution in [0.2, 0.25) is 0 Å². The maximum atomic E-state index is 0. The molecule has 0 heterocycles. The van der Waals surface area contributed by atoms with Crippen molar-refractivity contribution in [3.05, 3.63) is 0 Å². The minimum absolute atomic E-state index is 0. The Morgan fingerprint density at radius 1 is 0.400 bits per heavy atom. The summed E-state index contributed by atoms with van der Waals surface area (Å²) in [6, 6.07) is 0. The van der Waals surface area contributed by atoms with Crippen LogP contribution >= 0.6 is 0 Å². The van der Waals surface area contributed by atoms with E-state index < -0.39 is 0 Å². The number of hydrogen-bond acceptors (Lipinski definition) is 0. The summed E-state index contributed by atoms with van der Waals surface area (Å²) in [5, 5.41) is 0. The van der Waals surface area contributed by atoms with E-state index in [2.05, 4.69) is 0 Å². The van der Waals surface area contributed by atoms with Crippen molar-refractivity contribution in [2.24, 2.45) is 0 Å². The second kappa shape index (κ2) is 27.3. The average Bonchev–Trinajstić information content (AvgIpc) is 0. The molecule has 0 aromatic heterocycles. The summed E-state index contributed by atoms with van der Waals surface area (Å²) < 4.78 is 0. The van der Waals surface area contributed by atoms with E-state index in [9.17, 15) is 0 Å². The zero-order valence-corrected chi connectivity index (χ0v) is 7.77. The smallest absolute Gasteiger partial charge is 0 e. The molecule has 0 nitrogen and oxygen atoms in total. The van der Waals surface area contributed by atoms with E-state index >= 15 is 0 Å². The predicted molar refractivity (Wildman–Crippen MR) is 19.9 cm³/mol. The molecule has 0 aromatic carbocycles. The Hall–Kier alpha value is 3.13. The van der Waals surface area contributed by atoms with Crippen LogP contribution in [-0.4, -0.2) is 34.7 Å². The van der Waals surface area contributed by atoms with Gasteiger partial charge in [0.2, 0.25) is 0 Å². The molecule has 0 aliphatic rings. The average molecular weight is 645 g/mol. The summed E-state index contributed by atoms with van der Waals surface area (Å²) in [5.74, 6) is 0. The number of rotatable bonds is 0. The monoisotopic (exact) mass is 645 g/mol. The quantitative estimate of drug-likeness (QED) is 0.259. The van der Waals surface area contributed by atoms with Gasteiger partial charge in [0.15, 0.2) is 34.7 Å². The Balaban J connectivity index is 0. The van der Waals surface area contributed by atoms with E-state index in [4.69, 9.17) is 0 Å². The molecular formula is H6Al2Pt3. The van der Waals surface area contributed by atoms with Crippen molar-refractivity contribution in [2.75, 3.05) is 0 Å². The molecule has 0 aromatic rings. The van der Waals surface area contributed by atoms with Crippen LogP contribution in [0.5, 0.6) is 0 Å². The minimum Gasteiger partial charge on any atom is 0 e. The largest absolute Gasteiger partial charge is 0.187 e. The van der Waals surface area contributed by atoms with Crippen LogP contribution in [-0.2, 0) is 63.2 Å². The summed E-state index contributed by atoms with van der Waals surface area (Å²) in [5.41, 5.74) is 0. The van der Waals surface area contributed by atoms with E-state index in [1.54, 1.807) is 0 Å². The Morgan fingerprint density at radius 3 is 0.400 bits per heavy atom. The molecule has 0 bridgehead atoms. The van der Waals surface area contributed by atoms with Gasteiger partial charge >= 0.3 is 0 Å². The topological polar surface area (TPSA) is 0 Å². The molecule has 5 heteroatoms. The second-order valence-corrected chi connectivity index (χ2v) is 0. The van der Waals surface area contributed by atoms with Crippen LogP contribution in [0.3, 0.4) is 0 Å². The fourth-order valence-corrected chi connectivity index (χ4v) is 0. The van der Waals surface area contributed by atoms with Gasteiger partial charge in [0.05, 0.1) is 0 Å². The van der Waals surface area contributed by atoms with Gasteiger partial charge in [0.25, 0.3) is 0 Å². The third kappa shape index (κ3) is 19.2. The first-order valence-electron chi connectivity index (χ1n) is 0. The van der Waals surface area contributed by atoms with Gasteiger partial charge in [-0.25, -0.2) is 0 Å². The molecule has 0 radical (unpaired) electrons. The van der Waals surface area contributed by atoms with Crippen molar-refractivity contribution >= 4 is 34.7 Å². The molecule has 0 N–H and O–H groups in total. The summed E-state index contributed by atoms with van der Waals surface area (Å²) in [7, 11) is 0. The Labute approximate surface area is 96.3 Å². The van der Waals surface area contributed by atoms with Crippen LogP contribution in [0.25, 0.3) is 0 Å². The zero-order valence-electron chi connectivity index (χ0n) is 0.949. The molecule has 0 saturated carbocycles. The van der Waals surface area contributed by atoms with Crippen LogP contribution in [0.15, 0.2) is 0 Å². The SMILES string of the molecule is [AlH3].[AlH3].[Pt].[Pt].[Pt]. The molecule has 0 atom stereocenters. The van der Waals surface area contributed by atoms with Gasteiger partial charge < -0.3 is 0 Å². The maximum absolute atomic E-state index is 0. The predicted octanol–water partition coefficient (Wildman–Crippen LogP) is -2.38. The van der Waals surface area contributed by atoms with Gasteiger partial charge in [-0.2, -0.15) is 0 Å². The molecule has 0 fully saturated rings. The molecule has 0 aliphatic carbocycles. The van der Waals surface area contributed by atoms with Gasteiger partial charge in [0.1, 0.15) is 0 Å². The van der Waals surface area contributed by atoms with Crippen LogP contribution in [0.1, 0.15) is 0 Å². The van der Waals surface area contributed by atoms with E-state index in [-0.39, 0.29) is 97.9 Å². The number of hydrogen-bond donors (Lipinski definition) is 0. The van der Waals surface area contributed by atoms with E-state index in [1.165, 1.54) is 0 Å². The normalized spacial score (nSPS) is 0. The first-order valence-corrected chi connectivity index (χ1v) is 0. The summed E-state index contributed by atoms with van der Waals surface area (Å²) >= 11 is 0. The van der Waals surface area contributed by atoms with Crippen molar-refractivity contribution in [1.82, 2.24) is 0 Å². The molecule has 0 amide bonds. The van der Waals surface area contributed by atoms with E-state index in [1.807, 2.05) is 0 Å². The Morgan fingerprint density at radius 2 is 0.400 bits per heavy atom. The van der Waals surface area contributed by atoms with Gasteiger partial charge in [-0.3, -0.25) is 0 Å². The summed E-state index contributed by atoms with van der Waals surface area (Å²) in [6.07, 6.45) is 0. The molecule has 0 rings (SSSR count). The van der Waals surface area contributed by atoms with E-state index in [0.717, 1.165) is 0 Å². The van der Waals surface area contributed by atoms with Crippen molar-refractivity contribution in [3.63, 3.8) is 0 Å². The van der Waals surface area contributed by atoms with Crippen molar-refractivity contribution in [3.8, 4) is 0 Å². The van der Waals surface area contributed by atoms with Gasteiger partial charge in [0, 0.05) is 63.2 Å². The molecule has 0 saturated heterocycles. The van der Waals surface area contributed by atoms with Crippen LogP contribution < -0.4 is 0 Å². The first-order chi connectivity index (χ1) is 0. The third-order valence-electron chi connectivity index (χ3n) is 0. The Bertz CT molecular complexity index is 4.85. The fourth-order valence-electron chi connectivity index (χ4n) is 0. The summed E-state index contributed by atoms with van der Waals surface area (Å²) in [4.78, 5) is 0. The zero-order chi connectivity index (χ0) is 0. The summed E-state index contributed by atoms with van der Waals surface area (Å²) in [6.45, 7) is 0. The molecule has 0 aliphatic heterocycles. The molecule has 42 valence electrons. The third-order valence-corrected chi connectivity index (χ3v) is 0. The minimum atomic E-state index is 0. The standard InChI is InChI=1S/2Al.3Pt.6H. The van der Waals surface area contributed by atoms with Gasteiger partial charge in [-0.1, -0.05) is 0 Å². The maximum Gasteiger partial charge on any atom is 0.187 e. The first kappa shape index (κ1) is 42.2. The van der Waals surface area contributed by atoms with E-state index in [0.29, 0.717) is 0 Å². The van der Waals surface area contributed by atoms with Crippen molar-refractivity contribution in [2.45, 2.75) is 0 Å². The second-order valence-electron chi connectivity index (χ2n) is 0. The van der Waals surface area contributed by atoms with Crippen molar-refractivity contribution < 1.29 is 63.2 Å². The molecule has 5 heavy (non-hydrogen) atoms. The molecule has 0 unspecified atom stereocenters.